The van der Waals surface area contributed by atoms with Crippen LogP contribution in [0.15, 0.2) is 0 Å². The molecule has 0 aliphatic carbocycles. The SMILES string of the molecule is C[CH]C(C)(C)C.[AlH3]. The Morgan fingerprint density at radius 3 is 1.29 bits per heavy atom. The molecule has 1 heteroatoms. The molecule has 0 aliphatic heterocycles. The van der Waals surface area contributed by atoms with Crippen LogP contribution in [0.1, 0.15) is 27.7 Å². The van der Waals surface area contributed by atoms with Crippen molar-refractivity contribution in [1.29, 1.82) is 0 Å². The van der Waals surface area contributed by atoms with Crippen LogP contribution in [0.5, 0.6) is 0 Å². The molecule has 0 fully saturated rings. The molecule has 0 aromatic rings. The summed E-state index contributed by atoms with van der Waals surface area (Å²) >= 11 is 0. The van der Waals surface area contributed by atoms with Gasteiger partial charge in [0.25, 0.3) is 0 Å². The summed E-state index contributed by atoms with van der Waals surface area (Å²) in [6.45, 7) is 8.65. The molecule has 43 valence electrons. The molecule has 0 aromatic carbocycles. The zero-order valence-corrected chi connectivity index (χ0v) is 5.08. The molecule has 0 unspecified atom stereocenters. The van der Waals surface area contributed by atoms with E-state index >= 15 is 0 Å². The van der Waals surface area contributed by atoms with Gasteiger partial charge in [0, 0.05) is 0 Å². The van der Waals surface area contributed by atoms with E-state index in [9.17, 15) is 0 Å². The lowest BCUT2D eigenvalue weighted by molar-refractivity contribution is 0.496. The van der Waals surface area contributed by atoms with Crippen molar-refractivity contribution in [1.82, 2.24) is 0 Å². The van der Waals surface area contributed by atoms with Gasteiger partial charge in [-0.3, -0.25) is 0 Å². The van der Waals surface area contributed by atoms with E-state index in [4.69, 9.17) is 0 Å². The van der Waals surface area contributed by atoms with Crippen molar-refractivity contribution >= 4 is 17.4 Å². The monoisotopic (exact) mass is 115 g/mol. The zero-order chi connectivity index (χ0) is 5.21. The third kappa shape index (κ3) is 10.8. The zero-order valence-electron chi connectivity index (χ0n) is 5.08. The second kappa shape index (κ2) is 3.52. The van der Waals surface area contributed by atoms with Gasteiger partial charge in [-0.05, 0) is 11.8 Å². The van der Waals surface area contributed by atoms with Crippen LogP contribution in [0.2, 0.25) is 0 Å². The van der Waals surface area contributed by atoms with Gasteiger partial charge in [0.2, 0.25) is 0 Å². The quantitative estimate of drug-likeness (QED) is 0.414. The first-order chi connectivity index (χ1) is 2.56. The molecular weight excluding hydrogens is 99.0 g/mol. The van der Waals surface area contributed by atoms with E-state index in [2.05, 4.69) is 34.1 Å². The third-order valence-corrected chi connectivity index (χ3v) is 0.866. The van der Waals surface area contributed by atoms with Gasteiger partial charge in [-0.15, -0.1) is 0 Å². The van der Waals surface area contributed by atoms with Crippen molar-refractivity contribution in [2.45, 2.75) is 27.7 Å². The van der Waals surface area contributed by atoms with Gasteiger partial charge in [-0.1, -0.05) is 27.7 Å². The van der Waals surface area contributed by atoms with E-state index in [1.165, 1.54) is 0 Å². The van der Waals surface area contributed by atoms with E-state index < -0.39 is 0 Å². The third-order valence-electron chi connectivity index (χ3n) is 0.866. The highest BCUT2D eigenvalue weighted by Crippen LogP contribution is 2.14. The molecule has 0 heterocycles. The number of hydrogen-bond donors (Lipinski definition) is 0. The Kier molecular flexibility index (Phi) is 5.29. The molecule has 0 amide bonds. The summed E-state index contributed by atoms with van der Waals surface area (Å²) in [5.74, 6) is 0. The number of hydrogen-bond acceptors (Lipinski definition) is 0. The fraction of sp³-hybridized carbons (Fsp3) is 0.833. The fourth-order valence-electron chi connectivity index (χ4n) is 0. The van der Waals surface area contributed by atoms with Crippen LogP contribution in [0, 0.1) is 11.8 Å². The van der Waals surface area contributed by atoms with Gasteiger partial charge < -0.3 is 0 Å². The van der Waals surface area contributed by atoms with Gasteiger partial charge in [0.15, 0.2) is 17.4 Å². The maximum atomic E-state index is 2.19. The molecule has 0 bridgehead atoms. The van der Waals surface area contributed by atoms with Crippen molar-refractivity contribution in [2.24, 2.45) is 5.41 Å². The first-order valence-corrected chi connectivity index (χ1v) is 2.37. The smallest absolute Gasteiger partial charge is 0.0617 e. The summed E-state index contributed by atoms with van der Waals surface area (Å²) in [6, 6.07) is 0. The molecule has 0 atom stereocenters. The summed E-state index contributed by atoms with van der Waals surface area (Å²) in [7, 11) is 0. The largest absolute Gasteiger partial charge is 0.187 e. The Morgan fingerprint density at radius 1 is 1.14 bits per heavy atom. The Morgan fingerprint density at radius 2 is 1.29 bits per heavy atom. The van der Waals surface area contributed by atoms with Gasteiger partial charge in [-0.25, -0.2) is 0 Å². The van der Waals surface area contributed by atoms with Crippen LogP contribution in [0.25, 0.3) is 0 Å². The van der Waals surface area contributed by atoms with Crippen LogP contribution >= 0.6 is 0 Å². The molecule has 0 rings (SSSR count). The topological polar surface area (TPSA) is 0 Å². The van der Waals surface area contributed by atoms with Crippen LogP contribution in [-0.2, 0) is 0 Å². The highest BCUT2D eigenvalue weighted by atomic mass is 27.0. The van der Waals surface area contributed by atoms with E-state index in [0.717, 1.165) is 0 Å². The van der Waals surface area contributed by atoms with Crippen LogP contribution in [0.3, 0.4) is 0 Å². The van der Waals surface area contributed by atoms with Gasteiger partial charge >= 0.3 is 0 Å². The minimum Gasteiger partial charge on any atom is -0.0617 e. The van der Waals surface area contributed by atoms with Crippen molar-refractivity contribution in [3.63, 3.8) is 0 Å². The normalized spacial score (nSPS) is 10.3. The van der Waals surface area contributed by atoms with E-state index in [-0.39, 0.29) is 17.4 Å². The molecule has 0 nitrogen and oxygen atoms in total. The van der Waals surface area contributed by atoms with E-state index in [1.807, 2.05) is 0 Å². The highest BCUT2D eigenvalue weighted by Gasteiger charge is 2.03. The van der Waals surface area contributed by atoms with Crippen molar-refractivity contribution in [3.8, 4) is 0 Å². The van der Waals surface area contributed by atoms with Crippen molar-refractivity contribution < 1.29 is 0 Å². The average Bonchev–Trinajstić information content (AvgIpc) is 1.35. The minimum absolute atomic E-state index is 0. The van der Waals surface area contributed by atoms with Crippen LogP contribution in [0.4, 0.5) is 0 Å². The summed E-state index contributed by atoms with van der Waals surface area (Å²) in [6.07, 6.45) is 2.19. The van der Waals surface area contributed by atoms with Gasteiger partial charge in [-0.2, -0.15) is 0 Å². The standard InChI is InChI=1S/C6H13.Al.3H/c1-5-6(2,3)4;;;;/h5H,1-4H3;;;;. The second-order valence-electron chi connectivity index (χ2n) is 2.65. The second-order valence-corrected chi connectivity index (χ2v) is 2.65. The molecule has 0 aliphatic rings. The summed E-state index contributed by atoms with van der Waals surface area (Å²) in [5.41, 5.74) is 0.417. The molecular formula is C6H16Al. The summed E-state index contributed by atoms with van der Waals surface area (Å²) in [4.78, 5) is 0. The first kappa shape index (κ1) is 10.5. The Bertz CT molecular complexity index is 33.9. The highest BCUT2D eigenvalue weighted by molar-refractivity contribution is 5.75. The van der Waals surface area contributed by atoms with E-state index in [0.29, 0.717) is 5.41 Å². The predicted molar refractivity (Wildman–Crippen MR) is 39.4 cm³/mol. The van der Waals surface area contributed by atoms with Crippen LogP contribution in [-0.4, -0.2) is 17.4 Å². The molecule has 7 heavy (non-hydrogen) atoms. The van der Waals surface area contributed by atoms with Crippen molar-refractivity contribution in [3.05, 3.63) is 6.42 Å². The Balaban J connectivity index is 0. The van der Waals surface area contributed by atoms with Gasteiger partial charge in [0.1, 0.15) is 0 Å². The van der Waals surface area contributed by atoms with Crippen LogP contribution < -0.4 is 0 Å². The summed E-state index contributed by atoms with van der Waals surface area (Å²) < 4.78 is 0. The maximum absolute atomic E-state index is 2.19. The molecule has 0 N–H and O–H groups in total. The molecule has 0 aromatic heterocycles. The van der Waals surface area contributed by atoms with E-state index in [1.54, 1.807) is 0 Å². The average molecular weight is 115 g/mol. The molecule has 0 saturated carbocycles. The lowest BCUT2D eigenvalue weighted by Crippen LogP contribution is -2.01. The first-order valence-electron chi connectivity index (χ1n) is 2.37. The molecule has 1 radical (unpaired) electrons. The predicted octanol–water partition coefficient (Wildman–Crippen LogP) is 1.07. The fourth-order valence-corrected chi connectivity index (χ4v) is 0. The lowest BCUT2D eigenvalue weighted by atomic mass is 9.94. The maximum Gasteiger partial charge on any atom is 0.187 e. The Labute approximate surface area is 57.4 Å². The summed E-state index contributed by atoms with van der Waals surface area (Å²) in [5, 5.41) is 0. The Hall–Kier alpha value is 0.532. The minimum atomic E-state index is 0. The molecule has 0 spiro atoms. The lowest BCUT2D eigenvalue weighted by Gasteiger charge is -2.12. The van der Waals surface area contributed by atoms with Gasteiger partial charge in [0.05, 0.1) is 0 Å². The number of rotatable bonds is 0. The van der Waals surface area contributed by atoms with Crippen molar-refractivity contribution in [2.75, 3.05) is 0 Å². The molecule has 0 saturated heterocycles.